The second kappa shape index (κ2) is 6.98. The minimum atomic E-state index is -0.389. The number of hydrogen-bond acceptors (Lipinski definition) is 5. The zero-order valence-electron chi connectivity index (χ0n) is 14.7. The molecule has 6 nitrogen and oxygen atoms in total. The summed E-state index contributed by atoms with van der Waals surface area (Å²) in [6.07, 6.45) is 0. The van der Waals surface area contributed by atoms with E-state index in [2.05, 4.69) is 10.3 Å². The zero-order chi connectivity index (χ0) is 19.0. The van der Waals surface area contributed by atoms with E-state index in [0.29, 0.717) is 11.4 Å². The molecule has 0 aliphatic rings. The van der Waals surface area contributed by atoms with Gasteiger partial charge in [0.25, 0.3) is 11.5 Å². The van der Waals surface area contributed by atoms with E-state index < -0.39 is 0 Å². The first-order chi connectivity index (χ1) is 13.1. The van der Waals surface area contributed by atoms with Crippen molar-refractivity contribution >= 4 is 34.3 Å². The van der Waals surface area contributed by atoms with Gasteiger partial charge >= 0.3 is 0 Å². The third kappa shape index (κ3) is 3.13. The van der Waals surface area contributed by atoms with Crippen molar-refractivity contribution in [3.05, 3.63) is 75.0 Å². The van der Waals surface area contributed by atoms with Gasteiger partial charge in [-0.25, -0.2) is 9.67 Å². The quantitative estimate of drug-likeness (QED) is 0.568. The number of benzene rings is 1. The summed E-state index contributed by atoms with van der Waals surface area (Å²) in [5, 5.41) is 7.21. The van der Waals surface area contributed by atoms with Crippen LogP contribution in [-0.4, -0.2) is 20.3 Å². The molecular formula is C19H16N4O2S2. The van der Waals surface area contributed by atoms with Gasteiger partial charge in [0.15, 0.2) is 0 Å². The molecule has 136 valence electrons. The van der Waals surface area contributed by atoms with Crippen LogP contribution in [0.25, 0.3) is 15.6 Å². The van der Waals surface area contributed by atoms with E-state index in [4.69, 9.17) is 0 Å². The monoisotopic (exact) mass is 396 g/mol. The molecule has 4 rings (SSSR count). The van der Waals surface area contributed by atoms with Gasteiger partial charge in [-0.15, -0.1) is 22.7 Å². The highest BCUT2D eigenvalue weighted by Crippen LogP contribution is 2.28. The number of rotatable bonds is 4. The molecule has 1 N–H and O–H groups in total. The number of nitrogens with zero attached hydrogens (tertiary/aromatic N) is 3. The van der Waals surface area contributed by atoms with Crippen molar-refractivity contribution in [3.8, 4) is 15.6 Å². The van der Waals surface area contributed by atoms with E-state index in [-0.39, 0.29) is 17.2 Å². The SMILES string of the molecule is Cc1c(NC(=O)c2csc(-c3cccs3)n2)c(=O)n(-c2ccccc2)n1C. The maximum Gasteiger partial charge on any atom is 0.295 e. The van der Waals surface area contributed by atoms with Crippen molar-refractivity contribution in [2.75, 3.05) is 5.32 Å². The minimum Gasteiger partial charge on any atom is -0.314 e. The maximum atomic E-state index is 12.9. The smallest absolute Gasteiger partial charge is 0.295 e. The molecule has 0 radical (unpaired) electrons. The van der Waals surface area contributed by atoms with Crippen LogP contribution >= 0.6 is 22.7 Å². The van der Waals surface area contributed by atoms with Crippen molar-refractivity contribution in [2.45, 2.75) is 6.92 Å². The van der Waals surface area contributed by atoms with Crippen LogP contribution in [0.1, 0.15) is 16.2 Å². The molecule has 3 aromatic heterocycles. The molecule has 0 spiro atoms. The summed E-state index contributed by atoms with van der Waals surface area (Å²) in [6.45, 7) is 1.80. The number of anilines is 1. The maximum absolute atomic E-state index is 12.9. The third-order valence-corrected chi connectivity index (χ3v) is 6.14. The lowest BCUT2D eigenvalue weighted by molar-refractivity contribution is 0.102. The first kappa shape index (κ1) is 17.4. The largest absolute Gasteiger partial charge is 0.314 e. The summed E-state index contributed by atoms with van der Waals surface area (Å²) in [4.78, 5) is 30.9. The molecular weight excluding hydrogens is 380 g/mol. The number of aromatic nitrogens is 3. The van der Waals surface area contributed by atoms with Crippen molar-refractivity contribution in [3.63, 3.8) is 0 Å². The molecule has 0 saturated heterocycles. The molecule has 4 aromatic rings. The molecule has 0 bridgehead atoms. The van der Waals surface area contributed by atoms with Gasteiger partial charge in [-0.05, 0) is 30.5 Å². The number of thiophene rings is 1. The minimum absolute atomic E-state index is 0.261. The van der Waals surface area contributed by atoms with Gasteiger partial charge in [0.1, 0.15) is 16.4 Å². The van der Waals surface area contributed by atoms with Gasteiger partial charge < -0.3 is 5.32 Å². The summed E-state index contributed by atoms with van der Waals surface area (Å²) < 4.78 is 3.26. The van der Waals surface area contributed by atoms with E-state index >= 15 is 0 Å². The van der Waals surface area contributed by atoms with Crippen LogP contribution in [0.2, 0.25) is 0 Å². The Kier molecular flexibility index (Phi) is 4.51. The molecule has 8 heteroatoms. The summed E-state index contributed by atoms with van der Waals surface area (Å²) in [5.41, 5.74) is 1.70. The third-order valence-electron chi connectivity index (χ3n) is 4.26. The Morgan fingerprint density at radius 2 is 1.89 bits per heavy atom. The Balaban J connectivity index is 1.65. The first-order valence-electron chi connectivity index (χ1n) is 8.21. The normalized spacial score (nSPS) is 10.9. The lowest BCUT2D eigenvalue weighted by atomic mass is 10.3. The Morgan fingerprint density at radius 3 is 2.59 bits per heavy atom. The van der Waals surface area contributed by atoms with Crippen molar-refractivity contribution < 1.29 is 4.79 Å². The number of carbonyl (C=O) groups is 1. The molecule has 1 aromatic carbocycles. The van der Waals surface area contributed by atoms with Crippen LogP contribution in [0.5, 0.6) is 0 Å². The van der Waals surface area contributed by atoms with E-state index in [1.54, 1.807) is 35.4 Å². The van der Waals surface area contributed by atoms with E-state index in [0.717, 1.165) is 15.6 Å². The average Bonchev–Trinajstić information content (AvgIpc) is 3.40. The molecule has 0 aliphatic heterocycles. The highest BCUT2D eigenvalue weighted by atomic mass is 32.1. The molecule has 0 fully saturated rings. The number of carbonyl (C=O) groups excluding carboxylic acids is 1. The summed E-state index contributed by atoms with van der Waals surface area (Å²) in [5.74, 6) is -0.389. The Hall–Kier alpha value is -2.97. The summed E-state index contributed by atoms with van der Waals surface area (Å²) >= 11 is 2.98. The number of hydrogen-bond donors (Lipinski definition) is 1. The van der Waals surface area contributed by atoms with Gasteiger partial charge in [0.2, 0.25) is 0 Å². The number of thiazole rings is 1. The summed E-state index contributed by atoms with van der Waals surface area (Å²) in [6, 6.07) is 13.2. The molecule has 0 unspecified atom stereocenters. The van der Waals surface area contributed by atoms with Gasteiger partial charge in [0, 0.05) is 12.4 Å². The molecule has 1 amide bonds. The van der Waals surface area contributed by atoms with Gasteiger partial charge in [-0.1, -0.05) is 24.3 Å². The van der Waals surface area contributed by atoms with Crippen LogP contribution in [0, 0.1) is 6.92 Å². The van der Waals surface area contributed by atoms with E-state index in [9.17, 15) is 9.59 Å². The van der Waals surface area contributed by atoms with Crippen LogP contribution in [-0.2, 0) is 7.05 Å². The molecule has 27 heavy (non-hydrogen) atoms. The zero-order valence-corrected chi connectivity index (χ0v) is 16.3. The van der Waals surface area contributed by atoms with Crippen molar-refractivity contribution in [1.29, 1.82) is 0 Å². The molecule has 0 aliphatic carbocycles. The molecule has 0 atom stereocenters. The van der Waals surface area contributed by atoms with Gasteiger partial charge in [0.05, 0.1) is 16.3 Å². The van der Waals surface area contributed by atoms with Crippen LogP contribution in [0.4, 0.5) is 5.69 Å². The lowest BCUT2D eigenvalue weighted by Gasteiger charge is -2.07. The Morgan fingerprint density at radius 1 is 1.11 bits per heavy atom. The average molecular weight is 396 g/mol. The van der Waals surface area contributed by atoms with Gasteiger partial charge in [-0.2, -0.15) is 0 Å². The van der Waals surface area contributed by atoms with Gasteiger partial charge in [-0.3, -0.25) is 14.3 Å². The number of para-hydroxylation sites is 1. The first-order valence-corrected chi connectivity index (χ1v) is 9.97. The lowest BCUT2D eigenvalue weighted by Crippen LogP contribution is -2.23. The predicted octanol–water partition coefficient (Wildman–Crippen LogP) is 3.92. The second-order valence-corrected chi connectivity index (χ2v) is 7.71. The molecule has 0 saturated carbocycles. The highest BCUT2D eigenvalue weighted by molar-refractivity contribution is 7.20. The standard InChI is InChI=1S/C19H16N4O2S2/c1-12-16(19(25)23(22(12)2)13-7-4-3-5-8-13)21-17(24)14-11-27-18(20-14)15-9-6-10-26-15/h3-11H,1-2H3,(H,21,24). The van der Waals surface area contributed by atoms with Crippen LogP contribution in [0.15, 0.2) is 58.0 Å². The predicted molar refractivity (Wildman–Crippen MR) is 109 cm³/mol. The number of amides is 1. The summed E-state index contributed by atoms with van der Waals surface area (Å²) in [7, 11) is 1.79. The Labute approximate surface area is 163 Å². The molecule has 3 heterocycles. The van der Waals surface area contributed by atoms with Crippen LogP contribution in [0.3, 0.4) is 0 Å². The van der Waals surface area contributed by atoms with E-state index in [1.807, 2.05) is 47.8 Å². The fourth-order valence-corrected chi connectivity index (χ4v) is 4.40. The van der Waals surface area contributed by atoms with Crippen molar-refractivity contribution in [2.24, 2.45) is 7.05 Å². The topological polar surface area (TPSA) is 68.9 Å². The van der Waals surface area contributed by atoms with Crippen molar-refractivity contribution in [1.82, 2.24) is 14.3 Å². The fourth-order valence-electron chi connectivity index (χ4n) is 2.78. The fraction of sp³-hybridized carbons (Fsp3) is 0.105. The highest BCUT2D eigenvalue weighted by Gasteiger charge is 2.20. The van der Waals surface area contributed by atoms with Crippen LogP contribution < -0.4 is 10.9 Å². The number of nitrogens with one attached hydrogen (secondary N) is 1. The second-order valence-electron chi connectivity index (χ2n) is 5.91. The van der Waals surface area contributed by atoms with E-state index in [1.165, 1.54) is 16.0 Å². The Bertz CT molecular complexity index is 1150.